The second kappa shape index (κ2) is 5.86. The zero-order valence-corrected chi connectivity index (χ0v) is 12.7. The molecule has 0 fully saturated rings. The van der Waals surface area contributed by atoms with E-state index in [0.29, 0.717) is 5.69 Å². The van der Waals surface area contributed by atoms with Crippen LogP contribution < -0.4 is 5.73 Å². The van der Waals surface area contributed by atoms with Crippen LogP contribution in [0.15, 0.2) is 42.5 Å². The molecule has 0 heterocycles. The summed E-state index contributed by atoms with van der Waals surface area (Å²) in [4.78, 5) is 12.6. The fraction of sp³-hybridized carbons (Fsp3) is 0.235. The number of carbonyl (C=O) groups is 1. The molecule has 21 heavy (non-hydrogen) atoms. The fourth-order valence-electron chi connectivity index (χ4n) is 2.14. The van der Waals surface area contributed by atoms with Gasteiger partial charge in [0.1, 0.15) is 11.6 Å². The molecule has 0 spiro atoms. The molecule has 0 saturated heterocycles. The second-order valence-corrected chi connectivity index (χ2v) is 5.95. The Morgan fingerprint density at radius 2 is 1.81 bits per heavy atom. The molecule has 0 saturated carbocycles. The Kier molecular flexibility index (Phi) is 4.33. The van der Waals surface area contributed by atoms with Gasteiger partial charge in [-0.1, -0.05) is 29.8 Å². The molecule has 2 nitrogen and oxygen atoms in total. The van der Waals surface area contributed by atoms with E-state index in [1.54, 1.807) is 18.2 Å². The number of benzene rings is 2. The van der Waals surface area contributed by atoms with E-state index >= 15 is 0 Å². The van der Waals surface area contributed by atoms with E-state index in [4.69, 9.17) is 17.3 Å². The highest BCUT2D eigenvalue weighted by Crippen LogP contribution is 2.29. The van der Waals surface area contributed by atoms with Crippen molar-refractivity contribution < 1.29 is 9.18 Å². The average molecular weight is 306 g/mol. The largest absolute Gasteiger partial charge is 0.399 e. The Morgan fingerprint density at radius 1 is 1.19 bits per heavy atom. The van der Waals surface area contributed by atoms with E-state index in [0.717, 1.165) is 5.56 Å². The summed E-state index contributed by atoms with van der Waals surface area (Å²) in [7, 11) is 0. The number of halogens is 2. The van der Waals surface area contributed by atoms with Crippen LogP contribution in [0.3, 0.4) is 0 Å². The van der Waals surface area contributed by atoms with Gasteiger partial charge in [0.2, 0.25) is 0 Å². The van der Waals surface area contributed by atoms with E-state index in [1.807, 2.05) is 26.0 Å². The molecule has 0 atom stereocenters. The third kappa shape index (κ3) is 3.24. The van der Waals surface area contributed by atoms with Crippen molar-refractivity contribution in [2.24, 2.45) is 0 Å². The lowest BCUT2D eigenvalue weighted by Gasteiger charge is -2.24. The third-order valence-electron chi connectivity index (χ3n) is 3.73. The van der Waals surface area contributed by atoms with Crippen molar-refractivity contribution in [3.8, 4) is 0 Å². The molecule has 2 aromatic rings. The lowest BCUT2D eigenvalue weighted by molar-refractivity contribution is -0.122. The standard InChI is InChI=1S/C17H17ClFNO/c1-17(2,11-6-8-12(20)9-7-11)16(21)10-13-14(18)4-3-5-15(13)19/h3-9H,10,20H2,1-2H3. The monoisotopic (exact) mass is 305 g/mol. The number of nitrogens with two attached hydrogens (primary N) is 1. The van der Waals surface area contributed by atoms with E-state index in [2.05, 4.69) is 0 Å². The summed E-state index contributed by atoms with van der Waals surface area (Å²) in [6.45, 7) is 3.63. The molecule has 0 unspecified atom stereocenters. The first-order chi connectivity index (χ1) is 9.82. The molecule has 0 aliphatic rings. The molecule has 2 rings (SSSR count). The van der Waals surface area contributed by atoms with Crippen LogP contribution in [0.5, 0.6) is 0 Å². The minimum absolute atomic E-state index is 0.0388. The Balaban J connectivity index is 2.28. The highest BCUT2D eigenvalue weighted by molar-refractivity contribution is 6.31. The van der Waals surface area contributed by atoms with Crippen LogP contribution in [0.2, 0.25) is 5.02 Å². The van der Waals surface area contributed by atoms with E-state index in [-0.39, 0.29) is 22.8 Å². The zero-order chi connectivity index (χ0) is 15.6. The SMILES string of the molecule is CC(C)(C(=O)Cc1c(F)cccc1Cl)c1ccc(N)cc1. The minimum Gasteiger partial charge on any atom is -0.399 e. The average Bonchev–Trinajstić information content (AvgIpc) is 2.43. The van der Waals surface area contributed by atoms with Gasteiger partial charge >= 0.3 is 0 Å². The quantitative estimate of drug-likeness (QED) is 0.862. The number of rotatable bonds is 4. The number of carbonyl (C=O) groups excluding carboxylic acids is 1. The maximum atomic E-state index is 13.8. The number of anilines is 1. The Hall–Kier alpha value is -1.87. The summed E-state index contributed by atoms with van der Waals surface area (Å²) < 4.78 is 13.8. The maximum Gasteiger partial charge on any atom is 0.147 e. The summed E-state index contributed by atoms with van der Waals surface area (Å²) in [6.07, 6.45) is -0.0388. The van der Waals surface area contributed by atoms with Gasteiger partial charge in [0.15, 0.2) is 0 Å². The number of hydrogen-bond donors (Lipinski definition) is 1. The number of hydrogen-bond acceptors (Lipinski definition) is 2. The lowest BCUT2D eigenvalue weighted by Crippen LogP contribution is -2.30. The molecular weight excluding hydrogens is 289 g/mol. The summed E-state index contributed by atoms with van der Waals surface area (Å²) in [5.74, 6) is -0.553. The van der Waals surface area contributed by atoms with Crippen LogP contribution in [-0.2, 0) is 16.6 Å². The van der Waals surface area contributed by atoms with Gasteiger partial charge in [-0.25, -0.2) is 4.39 Å². The Morgan fingerprint density at radius 3 is 2.38 bits per heavy atom. The van der Waals surface area contributed by atoms with Crippen molar-refractivity contribution >= 4 is 23.1 Å². The number of ketones is 1. The predicted octanol–water partition coefficient (Wildman–Crippen LogP) is 4.15. The van der Waals surface area contributed by atoms with Crippen LogP contribution in [0, 0.1) is 5.82 Å². The van der Waals surface area contributed by atoms with Crippen molar-refractivity contribution in [1.82, 2.24) is 0 Å². The molecule has 0 aromatic heterocycles. The van der Waals surface area contributed by atoms with Crippen molar-refractivity contribution in [3.63, 3.8) is 0 Å². The van der Waals surface area contributed by atoms with Gasteiger partial charge in [-0.3, -0.25) is 4.79 Å². The normalized spacial score (nSPS) is 11.4. The Labute approximate surface area is 128 Å². The summed E-state index contributed by atoms with van der Waals surface area (Å²) >= 11 is 5.98. The van der Waals surface area contributed by atoms with Gasteiger partial charge in [0.05, 0.1) is 0 Å². The van der Waals surface area contributed by atoms with Crippen molar-refractivity contribution in [1.29, 1.82) is 0 Å². The summed E-state index contributed by atoms with van der Waals surface area (Å²) in [5.41, 5.74) is 6.64. The van der Waals surface area contributed by atoms with Crippen LogP contribution in [0.1, 0.15) is 25.0 Å². The number of nitrogen functional groups attached to an aromatic ring is 1. The first kappa shape index (κ1) is 15.5. The first-order valence-electron chi connectivity index (χ1n) is 6.64. The van der Waals surface area contributed by atoms with Gasteiger partial charge < -0.3 is 5.73 Å². The van der Waals surface area contributed by atoms with Gasteiger partial charge in [-0.05, 0) is 43.7 Å². The van der Waals surface area contributed by atoms with E-state index < -0.39 is 11.2 Å². The van der Waals surface area contributed by atoms with Crippen LogP contribution >= 0.6 is 11.6 Å². The second-order valence-electron chi connectivity index (χ2n) is 5.55. The molecular formula is C17H17ClFNO. The number of Topliss-reactive ketones (excluding diaryl/α,β-unsaturated/α-hetero) is 1. The molecule has 0 aliphatic heterocycles. The van der Waals surface area contributed by atoms with Crippen LogP contribution in [-0.4, -0.2) is 5.78 Å². The van der Waals surface area contributed by atoms with Gasteiger partial charge in [-0.2, -0.15) is 0 Å². The maximum absolute atomic E-state index is 13.8. The first-order valence-corrected chi connectivity index (χ1v) is 7.02. The molecule has 110 valence electrons. The summed E-state index contributed by atoms with van der Waals surface area (Å²) in [6, 6.07) is 11.6. The highest BCUT2D eigenvalue weighted by Gasteiger charge is 2.30. The molecule has 2 N–H and O–H groups in total. The minimum atomic E-state index is -0.737. The predicted molar refractivity (Wildman–Crippen MR) is 84.0 cm³/mol. The molecule has 0 aliphatic carbocycles. The van der Waals surface area contributed by atoms with Gasteiger partial charge in [-0.15, -0.1) is 0 Å². The third-order valence-corrected chi connectivity index (χ3v) is 4.08. The topological polar surface area (TPSA) is 43.1 Å². The van der Waals surface area contributed by atoms with E-state index in [9.17, 15) is 9.18 Å². The van der Waals surface area contributed by atoms with E-state index in [1.165, 1.54) is 12.1 Å². The molecule has 0 radical (unpaired) electrons. The van der Waals surface area contributed by atoms with Crippen molar-refractivity contribution in [2.45, 2.75) is 25.7 Å². The van der Waals surface area contributed by atoms with Gasteiger partial charge in [0, 0.05) is 28.1 Å². The zero-order valence-electron chi connectivity index (χ0n) is 12.0. The smallest absolute Gasteiger partial charge is 0.147 e. The van der Waals surface area contributed by atoms with Crippen molar-refractivity contribution in [3.05, 3.63) is 64.4 Å². The highest BCUT2D eigenvalue weighted by atomic mass is 35.5. The van der Waals surface area contributed by atoms with Crippen molar-refractivity contribution in [2.75, 3.05) is 5.73 Å². The van der Waals surface area contributed by atoms with Crippen LogP contribution in [0.4, 0.5) is 10.1 Å². The molecule has 2 aromatic carbocycles. The van der Waals surface area contributed by atoms with Crippen LogP contribution in [0.25, 0.3) is 0 Å². The van der Waals surface area contributed by atoms with Gasteiger partial charge in [0.25, 0.3) is 0 Å². The fourth-order valence-corrected chi connectivity index (χ4v) is 2.37. The molecule has 0 bridgehead atoms. The lowest BCUT2D eigenvalue weighted by atomic mass is 9.78. The Bertz CT molecular complexity index is 645. The molecule has 0 amide bonds. The summed E-state index contributed by atoms with van der Waals surface area (Å²) in [5, 5.41) is 0.274. The molecule has 4 heteroatoms.